The number of benzene rings is 1. The SMILES string of the molecule is O=C(CCC(F)(F)F)N1CCN(c2ccc(F)cc2F)CC1. The summed E-state index contributed by atoms with van der Waals surface area (Å²) in [7, 11) is 0. The highest BCUT2D eigenvalue weighted by Gasteiger charge is 2.30. The second-order valence-corrected chi connectivity index (χ2v) is 5.08. The van der Waals surface area contributed by atoms with Crippen LogP contribution in [0.3, 0.4) is 0 Å². The Morgan fingerprint density at radius 1 is 1.09 bits per heavy atom. The van der Waals surface area contributed by atoms with E-state index in [9.17, 15) is 26.7 Å². The van der Waals surface area contributed by atoms with Gasteiger partial charge in [-0.3, -0.25) is 4.79 Å². The van der Waals surface area contributed by atoms with Gasteiger partial charge in [-0.2, -0.15) is 13.2 Å². The molecule has 8 heteroatoms. The van der Waals surface area contributed by atoms with E-state index >= 15 is 0 Å². The van der Waals surface area contributed by atoms with Crippen molar-refractivity contribution in [1.29, 1.82) is 0 Å². The maximum atomic E-state index is 13.7. The van der Waals surface area contributed by atoms with Crippen molar-refractivity contribution in [2.24, 2.45) is 0 Å². The highest BCUT2D eigenvalue weighted by atomic mass is 19.4. The van der Waals surface area contributed by atoms with Crippen LogP contribution in [0.5, 0.6) is 0 Å². The summed E-state index contributed by atoms with van der Waals surface area (Å²) in [4.78, 5) is 14.7. The van der Waals surface area contributed by atoms with E-state index in [4.69, 9.17) is 0 Å². The van der Waals surface area contributed by atoms with Gasteiger partial charge in [0.05, 0.1) is 12.1 Å². The molecular formula is C14H15F5N2O. The first-order chi connectivity index (χ1) is 10.3. The normalized spacial score (nSPS) is 16.0. The Morgan fingerprint density at radius 2 is 1.73 bits per heavy atom. The molecule has 0 N–H and O–H groups in total. The van der Waals surface area contributed by atoms with Crippen molar-refractivity contribution in [3.63, 3.8) is 0 Å². The van der Waals surface area contributed by atoms with Crippen molar-refractivity contribution < 1.29 is 26.7 Å². The van der Waals surface area contributed by atoms with E-state index in [-0.39, 0.29) is 18.8 Å². The van der Waals surface area contributed by atoms with Gasteiger partial charge >= 0.3 is 6.18 Å². The van der Waals surface area contributed by atoms with Crippen LogP contribution in [0.1, 0.15) is 12.8 Å². The summed E-state index contributed by atoms with van der Waals surface area (Å²) in [6.45, 7) is 1.02. The lowest BCUT2D eigenvalue weighted by Gasteiger charge is -2.36. The molecule has 0 aromatic heterocycles. The lowest BCUT2D eigenvalue weighted by molar-refractivity contribution is -0.149. The number of hydrogen-bond donors (Lipinski definition) is 0. The van der Waals surface area contributed by atoms with Crippen molar-refractivity contribution in [3.05, 3.63) is 29.8 Å². The Balaban J connectivity index is 1.89. The third-order valence-corrected chi connectivity index (χ3v) is 3.51. The molecule has 0 unspecified atom stereocenters. The second-order valence-electron chi connectivity index (χ2n) is 5.08. The van der Waals surface area contributed by atoms with Crippen molar-refractivity contribution in [2.45, 2.75) is 19.0 Å². The fraction of sp³-hybridized carbons (Fsp3) is 0.500. The Morgan fingerprint density at radius 3 is 2.27 bits per heavy atom. The van der Waals surface area contributed by atoms with Gasteiger partial charge in [0, 0.05) is 38.7 Å². The van der Waals surface area contributed by atoms with E-state index in [1.165, 1.54) is 11.0 Å². The Kier molecular flexibility index (Phi) is 4.87. The highest BCUT2D eigenvalue weighted by molar-refractivity contribution is 5.76. The second kappa shape index (κ2) is 6.50. The maximum Gasteiger partial charge on any atom is 0.389 e. The molecule has 0 bridgehead atoms. The fourth-order valence-electron chi connectivity index (χ4n) is 2.34. The zero-order valence-corrected chi connectivity index (χ0v) is 11.7. The predicted molar refractivity (Wildman–Crippen MR) is 70.4 cm³/mol. The van der Waals surface area contributed by atoms with Gasteiger partial charge < -0.3 is 9.80 Å². The third-order valence-electron chi connectivity index (χ3n) is 3.51. The summed E-state index contributed by atoms with van der Waals surface area (Å²) >= 11 is 0. The number of nitrogens with zero attached hydrogens (tertiary/aromatic N) is 2. The van der Waals surface area contributed by atoms with Crippen LogP contribution >= 0.6 is 0 Å². The molecule has 1 aliphatic rings. The number of halogens is 5. The van der Waals surface area contributed by atoms with E-state index in [0.717, 1.165) is 12.1 Å². The van der Waals surface area contributed by atoms with E-state index < -0.39 is 36.6 Å². The predicted octanol–water partition coefficient (Wildman–Crippen LogP) is 2.96. The molecule has 0 atom stereocenters. The van der Waals surface area contributed by atoms with Crippen LogP contribution < -0.4 is 4.90 Å². The summed E-state index contributed by atoms with van der Waals surface area (Å²) in [5.74, 6) is -1.93. The van der Waals surface area contributed by atoms with Crippen LogP contribution in [0.4, 0.5) is 27.6 Å². The lowest BCUT2D eigenvalue weighted by atomic mass is 10.2. The van der Waals surface area contributed by atoms with E-state index in [1.807, 2.05) is 0 Å². The number of carbonyl (C=O) groups is 1. The quantitative estimate of drug-likeness (QED) is 0.799. The van der Waals surface area contributed by atoms with Crippen molar-refractivity contribution in [2.75, 3.05) is 31.1 Å². The van der Waals surface area contributed by atoms with Gasteiger partial charge in [-0.15, -0.1) is 0 Å². The van der Waals surface area contributed by atoms with Crippen LogP contribution in [-0.2, 0) is 4.79 Å². The number of carbonyl (C=O) groups excluding carboxylic acids is 1. The number of piperazine rings is 1. The molecule has 3 nitrogen and oxygen atoms in total. The van der Waals surface area contributed by atoms with Gasteiger partial charge in [-0.25, -0.2) is 8.78 Å². The molecule has 1 heterocycles. The first kappa shape index (κ1) is 16.5. The summed E-state index contributed by atoms with van der Waals surface area (Å²) in [5.41, 5.74) is 0.226. The number of amides is 1. The minimum atomic E-state index is -4.35. The van der Waals surface area contributed by atoms with Gasteiger partial charge in [-0.1, -0.05) is 0 Å². The molecule has 0 aliphatic carbocycles. The molecular weight excluding hydrogens is 307 g/mol. The number of rotatable bonds is 3. The molecule has 122 valence electrons. The molecule has 1 saturated heterocycles. The third kappa shape index (κ3) is 4.32. The number of anilines is 1. The largest absolute Gasteiger partial charge is 0.389 e. The Labute approximate surface area is 124 Å². The molecule has 1 aliphatic heterocycles. The molecule has 1 aromatic rings. The molecule has 1 amide bonds. The maximum absolute atomic E-state index is 13.7. The monoisotopic (exact) mass is 322 g/mol. The van der Waals surface area contributed by atoms with Crippen LogP contribution in [0.2, 0.25) is 0 Å². The molecule has 2 rings (SSSR count). The van der Waals surface area contributed by atoms with Gasteiger partial charge in [0.1, 0.15) is 11.6 Å². The molecule has 1 fully saturated rings. The first-order valence-electron chi connectivity index (χ1n) is 6.81. The van der Waals surface area contributed by atoms with E-state index in [0.29, 0.717) is 13.1 Å². The molecule has 22 heavy (non-hydrogen) atoms. The average molecular weight is 322 g/mol. The Hall–Kier alpha value is -1.86. The standard InChI is InChI=1S/C14H15F5N2O/c15-10-1-2-12(11(16)9-10)20-5-7-21(8-6-20)13(22)3-4-14(17,18)19/h1-2,9H,3-8H2. The fourth-order valence-corrected chi connectivity index (χ4v) is 2.34. The average Bonchev–Trinajstić information content (AvgIpc) is 2.44. The molecule has 0 saturated carbocycles. The van der Waals surface area contributed by atoms with Crippen molar-refractivity contribution >= 4 is 11.6 Å². The summed E-state index contributed by atoms with van der Waals surface area (Å²) in [5, 5.41) is 0. The van der Waals surface area contributed by atoms with Crippen LogP contribution in [-0.4, -0.2) is 43.2 Å². The molecule has 0 radical (unpaired) electrons. The molecule has 0 spiro atoms. The van der Waals surface area contributed by atoms with Gasteiger partial charge in [0.15, 0.2) is 0 Å². The first-order valence-corrected chi connectivity index (χ1v) is 6.81. The van der Waals surface area contributed by atoms with Crippen molar-refractivity contribution in [1.82, 2.24) is 4.90 Å². The summed E-state index contributed by atoms with van der Waals surface area (Å²) in [6.07, 6.45) is -6.07. The number of hydrogen-bond acceptors (Lipinski definition) is 2. The lowest BCUT2D eigenvalue weighted by Crippen LogP contribution is -2.49. The topological polar surface area (TPSA) is 23.6 Å². The van der Waals surface area contributed by atoms with Crippen LogP contribution in [0, 0.1) is 11.6 Å². The minimum absolute atomic E-state index is 0.216. The van der Waals surface area contributed by atoms with Crippen LogP contribution in [0.25, 0.3) is 0 Å². The summed E-state index contributed by atoms with van der Waals surface area (Å²) < 4.78 is 62.8. The van der Waals surface area contributed by atoms with Crippen molar-refractivity contribution in [3.8, 4) is 0 Å². The number of alkyl halides is 3. The highest BCUT2D eigenvalue weighted by Crippen LogP contribution is 2.24. The Bertz CT molecular complexity index is 539. The van der Waals surface area contributed by atoms with Crippen LogP contribution in [0.15, 0.2) is 18.2 Å². The molecule has 1 aromatic carbocycles. The summed E-state index contributed by atoms with van der Waals surface area (Å²) in [6, 6.07) is 3.22. The van der Waals surface area contributed by atoms with Gasteiger partial charge in [0.25, 0.3) is 0 Å². The zero-order valence-electron chi connectivity index (χ0n) is 11.7. The zero-order chi connectivity index (χ0) is 16.3. The van der Waals surface area contributed by atoms with E-state index in [2.05, 4.69) is 0 Å². The minimum Gasteiger partial charge on any atom is -0.366 e. The van der Waals surface area contributed by atoms with Gasteiger partial charge in [0.2, 0.25) is 5.91 Å². The van der Waals surface area contributed by atoms with E-state index in [1.54, 1.807) is 4.90 Å². The smallest absolute Gasteiger partial charge is 0.366 e. The van der Waals surface area contributed by atoms with Gasteiger partial charge in [-0.05, 0) is 12.1 Å².